The smallest absolute Gasteiger partial charge is 0.182 e. The van der Waals surface area contributed by atoms with Gasteiger partial charge >= 0.3 is 0 Å². The summed E-state index contributed by atoms with van der Waals surface area (Å²) in [5.41, 5.74) is 2.06. The molecule has 0 spiro atoms. The molecule has 5 heteroatoms. The Balaban J connectivity index is 2.42. The molecule has 2 aromatic rings. The monoisotopic (exact) mass is 233 g/mol. The molecule has 0 aliphatic carbocycles. The Labute approximate surface area is 101 Å². The molecular formula is C12H19N5. The minimum absolute atomic E-state index is 0.573. The van der Waals surface area contributed by atoms with Gasteiger partial charge in [-0.05, 0) is 25.8 Å². The minimum atomic E-state index is 0.573. The fourth-order valence-electron chi connectivity index (χ4n) is 1.95. The van der Waals surface area contributed by atoms with Crippen molar-refractivity contribution in [2.75, 3.05) is 0 Å². The van der Waals surface area contributed by atoms with E-state index in [0.717, 1.165) is 30.3 Å². The van der Waals surface area contributed by atoms with E-state index in [4.69, 9.17) is 0 Å². The lowest BCUT2D eigenvalue weighted by Crippen LogP contribution is -2.08. The molecule has 0 aromatic carbocycles. The Morgan fingerprint density at radius 2 is 2.12 bits per heavy atom. The second-order valence-electron chi connectivity index (χ2n) is 4.69. The van der Waals surface area contributed by atoms with Gasteiger partial charge < -0.3 is 4.57 Å². The van der Waals surface area contributed by atoms with E-state index in [9.17, 15) is 0 Å². The molecule has 5 nitrogen and oxygen atoms in total. The van der Waals surface area contributed by atoms with E-state index in [1.54, 1.807) is 6.33 Å². The average Bonchev–Trinajstić information content (AvgIpc) is 2.83. The summed E-state index contributed by atoms with van der Waals surface area (Å²) in [6, 6.07) is 2.06. The van der Waals surface area contributed by atoms with Gasteiger partial charge in [0.05, 0.1) is 5.69 Å². The molecule has 2 aromatic heterocycles. The van der Waals surface area contributed by atoms with E-state index in [2.05, 4.69) is 46.7 Å². The van der Waals surface area contributed by atoms with Gasteiger partial charge in [-0.15, -0.1) is 10.2 Å². The van der Waals surface area contributed by atoms with Crippen LogP contribution in [0.4, 0.5) is 0 Å². The molecule has 0 atom stereocenters. The van der Waals surface area contributed by atoms with Crippen molar-refractivity contribution in [1.29, 1.82) is 0 Å². The van der Waals surface area contributed by atoms with Crippen molar-refractivity contribution in [3.63, 3.8) is 0 Å². The highest BCUT2D eigenvalue weighted by Crippen LogP contribution is 2.19. The van der Waals surface area contributed by atoms with Gasteiger partial charge in [-0.3, -0.25) is 4.68 Å². The van der Waals surface area contributed by atoms with E-state index < -0.39 is 0 Å². The van der Waals surface area contributed by atoms with Gasteiger partial charge in [0.1, 0.15) is 12.0 Å². The summed E-state index contributed by atoms with van der Waals surface area (Å²) in [6.07, 6.45) is 1.79. The van der Waals surface area contributed by atoms with Crippen LogP contribution in [0.5, 0.6) is 0 Å². The number of aromatic nitrogens is 5. The van der Waals surface area contributed by atoms with Crippen LogP contribution in [0.2, 0.25) is 0 Å². The fourth-order valence-corrected chi connectivity index (χ4v) is 1.95. The Morgan fingerprint density at radius 1 is 1.35 bits per heavy atom. The highest BCUT2D eigenvalue weighted by molar-refractivity contribution is 5.50. The Kier molecular flexibility index (Phi) is 3.26. The summed E-state index contributed by atoms with van der Waals surface area (Å²) < 4.78 is 4.06. The highest BCUT2D eigenvalue weighted by Gasteiger charge is 2.13. The van der Waals surface area contributed by atoms with E-state index in [1.165, 1.54) is 0 Å². The Morgan fingerprint density at radius 3 is 2.76 bits per heavy atom. The molecule has 0 amide bonds. The molecule has 92 valence electrons. The number of hydrogen-bond acceptors (Lipinski definition) is 3. The molecule has 0 radical (unpaired) electrons. The summed E-state index contributed by atoms with van der Waals surface area (Å²) in [4.78, 5) is 0. The average molecular weight is 233 g/mol. The van der Waals surface area contributed by atoms with Crippen molar-refractivity contribution in [2.45, 2.75) is 40.8 Å². The zero-order valence-corrected chi connectivity index (χ0v) is 10.9. The van der Waals surface area contributed by atoms with Crippen molar-refractivity contribution in [3.05, 3.63) is 18.1 Å². The van der Waals surface area contributed by atoms with Crippen LogP contribution < -0.4 is 0 Å². The zero-order chi connectivity index (χ0) is 12.4. The molecule has 0 fully saturated rings. The largest absolute Gasteiger partial charge is 0.312 e. The van der Waals surface area contributed by atoms with Crippen molar-refractivity contribution >= 4 is 0 Å². The third kappa shape index (κ3) is 2.38. The summed E-state index contributed by atoms with van der Waals surface area (Å²) in [5.74, 6) is 1.48. The number of aryl methyl sites for hydroxylation is 2. The van der Waals surface area contributed by atoms with Gasteiger partial charge in [0.2, 0.25) is 0 Å². The molecule has 0 N–H and O–H groups in total. The van der Waals surface area contributed by atoms with Gasteiger partial charge in [0.15, 0.2) is 5.82 Å². The van der Waals surface area contributed by atoms with Crippen molar-refractivity contribution < 1.29 is 0 Å². The van der Waals surface area contributed by atoms with Crippen molar-refractivity contribution in [2.24, 2.45) is 5.92 Å². The SMILES string of the molecule is CCn1nc(C)cc1-c1nncn1CC(C)C. The predicted molar refractivity (Wildman–Crippen MR) is 66.5 cm³/mol. The molecule has 2 rings (SSSR count). The van der Waals surface area contributed by atoms with Crippen LogP contribution in [-0.4, -0.2) is 24.5 Å². The van der Waals surface area contributed by atoms with Gasteiger partial charge in [0.25, 0.3) is 0 Å². The van der Waals surface area contributed by atoms with E-state index in [1.807, 2.05) is 11.6 Å². The fraction of sp³-hybridized carbons (Fsp3) is 0.583. The van der Waals surface area contributed by atoms with Gasteiger partial charge in [-0.25, -0.2) is 0 Å². The molecule has 17 heavy (non-hydrogen) atoms. The van der Waals surface area contributed by atoms with Crippen molar-refractivity contribution in [1.82, 2.24) is 24.5 Å². The first-order valence-corrected chi connectivity index (χ1v) is 6.04. The number of hydrogen-bond donors (Lipinski definition) is 0. The third-order valence-electron chi connectivity index (χ3n) is 2.61. The summed E-state index contributed by atoms with van der Waals surface area (Å²) in [7, 11) is 0. The lowest BCUT2D eigenvalue weighted by atomic mass is 10.2. The first-order valence-electron chi connectivity index (χ1n) is 6.04. The normalized spacial score (nSPS) is 11.4. The van der Waals surface area contributed by atoms with Crippen LogP contribution in [0.15, 0.2) is 12.4 Å². The lowest BCUT2D eigenvalue weighted by Gasteiger charge is -2.09. The van der Waals surface area contributed by atoms with Crippen LogP contribution in [-0.2, 0) is 13.1 Å². The molecule has 0 aliphatic heterocycles. The molecule has 0 aliphatic rings. The molecule has 2 heterocycles. The Bertz CT molecular complexity index is 495. The van der Waals surface area contributed by atoms with Crippen LogP contribution >= 0.6 is 0 Å². The second-order valence-corrected chi connectivity index (χ2v) is 4.69. The van der Waals surface area contributed by atoms with E-state index >= 15 is 0 Å². The minimum Gasteiger partial charge on any atom is -0.312 e. The lowest BCUT2D eigenvalue weighted by molar-refractivity contribution is 0.522. The van der Waals surface area contributed by atoms with E-state index in [0.29, 0.717) is 5.92 Å². The Hall–Kier alpha value is -1.65. The van der Waals surface area contributed by atoms with Crippen LogP contribution in [0.1, 0.15) is 26.5 Å². The topological polar surface area (TPSA) is 48.5 Å². The van der Waals surface area contributed by atoms with E-state index in [-0.39, 0.29) is 0 Å². The maximum absolute atomic E-state index is 4.44. The summed E-state index contributed by atoms with van der Waals surface area (Å²) in [5, 5.41) is 12.7. The second kappa shape index (κ2) is 4.69. The summed E-state index contributed by atoms with van der Waals surface area (Å²) >= 11 is 0. The summed E-state index contributed by atoms with van der Waals surface area (Å²) in [6.45, 7) is 10.2. The van der Waals surface area contributed by atoms with Crippen LogP contribution in [0.25, 0.3) is 11.5 Å². The zero-order valence-electron chi connectivity index (χ0n) is 10.9. The predicted octanol–water partition coefficient (Wildman–Crippen LogP) is 2.13. The maximum Gasteiger partial charge on any atom is 0.182 e. The molecule has 0 saturated carbocycles. The highest BCUT2D eigenvalue weighted by atomic mass is 15.3. The standard InChI is InChI=1S/C12H19N5/c1-5-17-11(6-10(4)15-17)12-14-13-8-16(12)7-9(2)3/h6,8-9H,5,7H2,1-4H3. The first-order chi connectivity index (χ1) is 8.11. The number of rotatable bonds is 4. The van der Waals surface area contributed by atoms with Crippen LogP contribution in [0.3, 0.4) is 0 Å². The molecule has 0 bridgehead atoms. The molecular weight excluding hydrogens is 214 g/mol. The first kappa shape index (κ1) is 11.8. The third-order valence-corrected chi connectivity index (χ3v) is 2.61. The van der Waals surface area contributed by atoms with Gasteiger partial charge in [-0.1, -0.05) is 13.8 Å². The van der Waals surface area contributed by atoms with Crippen LogP contribution in [0, 0.1) is 12.8 Å². The van der Waals surface area contributed by atoms with Gasteiger partial charge in [0, 0.05) is 13.1 Å². The quantitative estimate of drug-likeness (QED) is 0.812. The molecule has 0 saturated heterocycles. The van der Waals surface area contributed by atoms with Crippen molar-refractivity contribution in [3.8, 4) is 11.5 Å². The maximum atomic E-state index is 4.44. The number of nitrogens with zero attached hydrogens (tertiary/aromatic N) is 5. The molecule has 0 unspecified atom stereocenters. The van der Waals surface area contributed by atoms with Gasteiger partial charge in [-0.2, -0.15) is 5.10 Å².